The summed E-state index contributed by atoms with van der Waals surface area (Å²) in [4.78, 5) is 0. The molecule has 2 aromatic carbocycles. The second-order valence-electron chi connectivity index (χ2n) is 6.42. The Labute approximate surface area is 138 Å². The number of ether oxygens (including phenoxy) is 1. The van der Waals surface area contributed by atoms with Crippen LogP contribution < -0.4 is 0 Å². The van der Waals surface area contributed by atoms with E-state index >= 15 is 0 Å². The zero-order chi connectivity index (χ0) is 17.3. The van der Waals surface area contributed by atoms with Gasteiger partial charge in [-0.1, -0.05) is 12.1 Å². The largest absolute Gasteiger partial charge is 0.507 e. The molecule has 0 atom stereocenters. The Morgan fingerprint density at radius 1 is 0.652 bits per heavy atom. The van der Waals surface area contributed by atoms with Crippen LogP contribution in [0.25, 0.3) is 0 Å². The van der Waals surface area contributed by atoms with Gasteiger partial charge in [0.1, 0.15) is 11.5 Å². The first kappa shape index (κ1) is 17.4. The molecule has 0 amide bonds. The maximum Gasteiger partial charge on any atom is 0.121 e. The number of phenols is 2. The lowest BCUT2D eigenvalue weighted by Gasteiger charge is -2.16. The van der Waals surface area contributed by atoms with Crippen LogP contribution in [0, 0.1) is 41.5 Å². The Kier molecular flexibility index (Phi) is 5.00. The molecule has 2 aromatic rings. The van der Waals surface area contributed by atoms with Crippen LogP contribution >= 0.6 is 0 Å². The lowest BCUT2D eigenvalue weighted by Crippen LogP contribution is -2.03. The van der Waals surface area contributed by atoms with Crippen LogP contribution in [-0.2, 0) is 18.0 Å². The summed E-state index contributed by atoms with van der Waals surface area (Å²) in [5.41, 5.74) is 7.83. The highest BCUT2D eigenvalue weighted by Crippen LogP contribution is 2.30. The summed E-state index contributed by atoms with van der Waals surface area (Å²) in [7, 11) is 0. The van der Waals surface area contributed by atoms with Gasteiger partial charge in [-0.15, -0.1) is 0 Å². The number of phenolic OH excluding ortho intramolecular Hbond substituents is 2. The third kappa shape index (κ3) is 3.35. The molecular weight excluding hydrogens is 288 g/mol. The summed E-state index contributed by atoms with van der Waals surface area (Å²) >= 11 is 0. The molecule has 0 radical (unpaired) electrons. The average Bonchev–Trinajstić information content (AvgIpc) is 2.49. The molecule has 0 saturated heterocycles. The van der Waals surface area contributed by atoms with Gasteiger partial charge < -0.3 is 14.9 Å². The fourth-order valence-corrected chi connectivity index (χ4v) is 3.13. The van der Waals surface area contributed by atoms with Gasteiger partial charge in [-0.05, 0) is 86.1 Å². The third-order valence-electron chi connectivity index (χ3n) is 4.67. The fraction of sp³-hybridized carbons (Fsp3) is 0.400. The molecule has 3 nitrogen and oxygen atoms in total. The highest BCUT2D eigenvalue weighted by molar-refractivity contribution is 5.49. The van der Waals surface area contributed by atoms with E-state index in [1.165, 1.54) is 0 Å². The van der Waals surface area contributed by atoms with Crippen molar-refractivity contribution < 1.29 is 14.9 Å². The van der Waals surface area contributed by atoms with E-state index in [4.69, 9.17) is 4.74 Å². The summed E-state index contributed by atoms with van der Waals surface area (Å²) in [5, 5.41) is 20.2. The first-order chi connectivity index (χ1) is 10.7. The van der Waals surface area contributed by atoms with E-state index in [1.54, 1.807) is 0 Å². The van der Waals surface area contributed by atoms with Crippen molar-refractivity contribution in [1.29, 1.82) is 0 Å². The van der Waals surface area contributed by atoms with Gasteiger partial charge in [0.2, 0.25) is 0 Å². The van der Waals surface area contributed by atoms with Gasteiger partial charge in [0, 0.05) is 0 Å². The summed E-state index contributed by atoms with van der Waals surface area (Å²) in [6.45, 7) is 12.6. The first-order valence-corrected chi connectivity index (χ1v) is 7.89. The predicted molar refractivity (Wildman–Crippen MR) is 93.1 cm³/mol. The molecule has 0 fully saturated rings. The molecule has 23 heavy (non-hydrogen) atoms. The number of rotatable bonds is 4. The summed E-state index contributed by atoms with van der Waals surface area (Å²) in [6.07, 6.45) is 0. The standard InChI is InChI=1S/C20H26O3/c1-11-7-13(3)19(21)15(5)17(11)9-23-10-18-12(2)8-14(4)20(22)16(18)6/h7-8,21-22H,9-10H2,1-6H3. The highest BCUT2D eigenvalue weighted by Gasteiger charge is 2.13. The molecule has 0 saturated carbocycles. The highest BCUT2D eigenvalue weighted by atomic mass is 16.5. The van der Waals surface area contributed by atoms with Gasteiger partial charge in [0.05, 0.1) is 13.2 Å². The van der Waals surface area contributed by atoms with Crippen molar-refractivity contribution >= 4 is 0 Å². The van der Waals surface area contributed by atoms with E-state index in [0.717, 1.165) is 44.5 Å². The fourth-order valence-electron chi connectivity index (χ4n) is 3.13. The minimum absolute atomic E-state index is 0.342. The SMILES string of the molecule is Cc1cc(C)c(COCc2c(C)cc(C)c(O)c2C)c(C)c1O. The van der Waals surface area contributed by atoms with Crippen LogP contribution in [0.5, 0.6) is 11.5 Å². The molecule has 0 heterocycles. The third-order valence-corrected chi connectivity index (χ3v) is 4.67. The van der Waals surface area contributed by atoms with Gasteiger partial charge in [0.15, 0.2) is 0 Å². The number of hydrogen-bond acceptors (Lipinski definition) is 3. The molecule has 0 bridgehead atoms. The Morgan fingerprint density at radius 2 is 1.00 bits per heavy atom. The minimum Gasteiger partial charge on any atom is -0.507 e. The van der Waals surface area contributed by atoms with E-state index in [0.29, 0.717) is 24.7 Å². The van der Waals surface area contributed by atoms with Crippen LogP contribution in [0.4, 0.5) is 0 Å². The number of hydrogen-bond donors (Lipinski definition) is 2. The van der Waals surface area contributed by atoms with Gasteiger partial charge in [-0.25, -0.2) is 0 Å². The molecular formula is C20H26O3. The number of benzene rings is 2. The maximum absolute atomic E-state index is 10.1. The molecule has 2 rings (SSSR count). The zero-order valence-electron chi connectivity index (χ0n) is 14.9. The summed E-state index contributed by atoms with van der Waals surface area (Å²) in [5.74, 6) is 0.684. The van der Waals surface area contributed by atoms with Crippen molar-refractivity contribution in [1.82, 2.24) is 0 Å². The van der Waals surface area contributed by atoms with Crippen LogP contribution in [0.2, 0.25) is 0 Å². The van der Waals surface area contributed by atoms with Crippen LogP contribution in [0.3, 0.4) is 0 Å². The smallest absolute Gasteiger partial charge is 0.121 e. The zero-order valence-corrected chi connectivity index (χ0v) is 14.9. The van der Waals surface area contributed by atoms with E-state index in [-0.39, 0.29) is 0 Å². The van der Waals surface area contributed by atoms with E-state index in [9.17, 15) is 10.2 Å². The molecule has 0 unspecified atom stereocenters. The molecule has 0 aliphatic heterocycles. The molecule has 0 aromatic heterocycles. The molecule has 3 heteroatoms. The van der Waals surface area contributed by atoms with Gasteiger partial charge in [-0.2, -0.15) is 0 Å². The van der Waals surface area contributed by atoms with Gasteiger partial charge in [-0.3, -0.25) is 0 Å². The van der Waals surface area contributed by atoms with Crippen molar-refractivity contribution in [3.05, 3.63) is 56.6 Å². The first-order valence-electron chi connectivity index (χ1n) is 7.89. The van der Waals surface area contributed by atoms with Crippen LogP contribution in [-0.4, -0.2) is 10.2 Å². The normalized spacial score (nSPS) is 11.0. The van der Waals surface area contributed by atoms with Crippen molar-refractivity contribution in [2.45, 2.75) is 54.8 Å². The summed E-state index contributed by atoms with van der Waals surface area (Å²) in [6, 6.07) is 3.96. The Morgan fingerprint density at radius 3 is 1.35 bits per heavy atom. The predicted octanol–water partition coefficient (Wildman–Crippen LogP) is 4.67. The molecule has 124 valence electrons. The van der Waals surface area contributed by atoms with E-state index in [1.807, 2.05) is 53.7 Å². The Bertz CT molecular complexity index is 682. The number of aromatic hydroxyl groups is 2. The second-order valence-corrected chi connectivity index (χ2v) is 6.42. The molecule has 0 spiro atoms. The van der Waals surface area contributed by atoms with Crippen molar-refractivity contribution in [3.63, 3.8) is 0 Å². The second kappa shape index (κ2) is 6.63. The lowest BCUT2D eigenvalue weighted by atomic mass is 9.98. The molecule has 2 N–H and O–H groups in total. The minimum atomic E-state index is 0.342. The number of aryl methyl sites for hydroxylation is 4. The molecule has 0 aliphatic carbocycles. The van der Waals surface area contributed by atoms with Gasteiger partial charge in [0.25, 0.3) is 0 Å². The molecule has 0 aliphatic rings. The summed E-state index contributed by atoms with van der Waals surface area (Å²) < 4.78 is 5.90. The van der Waals surface area contributed by atoms with Crippen molar-refractivity contribution in [2.75, 3.05) is 0 Å². The van der Waals surface area contributed by atoms with Gasteiger partial charge >= 0.3 is 0 Å². The van der Waals surface area contributed by atoms with Crippen LogP contribution in [0.1, 0.15) is 44.5 Å². The van der Waals surface area contributed by atoms with Crippen molar-refractivity contribution in [2.24, 2.45) is 0 Å². The maximum atomic E-state index is 10.1. The Balaban J connectivity index is 2.19. The quantitative estimate of drug-likeness (QED) is 0.862. The van der Waals surface area contributed by atoms with E-state index in [2.05, 4.69) is 0 Å². The topological polar surface area (TPSA) is 49.7 Å². The van der Waals surface area contributed by atoms with Crippen LogP contribution in [0.15, 0.2) is 12.1 Å². The Hall–Kier alpha value is -2.00. The average molecular weight is 314 g/mol. The monoisotopic (exact) mass is 314 g/mol. The van der Waals surface area contributed by atoms with Crippen molar-refractivity contribution in [3.8, 4) is 11.5 Å². The lowest BCUT2D eigenvalue weighted by molar-refractivity contribution is 0.105. The van der Waals surface area contributed by atoms with E-state index < -0.39 is 0 Å².